The summed E-state index contributed by atoms with van der Waals surface area (Å²) >= 11 is 0. The summed E-state index contributed by atoms with van der Waals surface area (Å²) in [5.74, 6) is 0. The summed E-state index contributed by atoms with van der Waals surface area (Å²) in [5, 5.41) is 9.24. The molecule has 0 saturated heterocycles. The second-order valence-corrected chi connectivity index (χ2v) is 4.91. The highest BCUT2D eigenvalue weighted by molar-refractivity contribution is 5.61. The van der Waals surface area contributed by atoms with Crippen LogP contribution in [0.2, 0.25) is 0 Å². The molecule has 0 unspecified atom stereocenters. The second-order valence-electron chi connectivity index (χ2n) is 4.91. The molecule has 0 N–H and O–H groups in total. The summed E-state index contributed by atoms with van der Waals surface area (Å²) in [6, 6.07) is 9.23. The van der Waals surface area contributed by atoms with E-state index in [1.165, 1.54) is 25.7 Å². The van der Waals surface area contributed by atoms with Crippen molar-refractivity contribution in [3.8, 4) is 6.07 Å². The average Bonchev–Trinajstić information content (AvgIpc) is 3.15. The Hall–Kier alpha value is -1.49. The van der Waals surface area contributed by atoms with Crippen LogP contribution in [0.5, 0.6) is 0 Å². The van der Waals surface area contributed by atoms with E-state index >= 15 is 0 Å². The Balaban J connectivity index is 2.25. The van der Waals surface area contributed by atoms with E-state index in [1.807, 2.05) is 13.0 Å². The number of rotatable bonds is 5. The molecule has 2 rings (SSSR count). The van der Waals surface area contributed by atoms with Crippen LogP contribution in [0.1, 0.15) is 43.7 Å². The number of nitriles is 1. The van der Waals surface area contributed by atoms with Gasteiger partial charge in [-0.05, 0) is 43.9 Å². The summed E-state index contributed by atoms with van der Waals surface area (Å²) in [6.45, 7) is 5.34. The molecule has 0 heterocycles. The van der Waals surface area contributed by atoms with Crippen molar-refractivity contribution in [2.24, 2.45) is 0 Å². The van der Waals surface area contributed by atoms with Crippen LogP contribution in [0.4, 0.5) is 5.69 Å². The number of hydrogen-bond donors (Lipinski definition) is 0. The van der Waals surface area contributed by atoms with E-state index in [0.717, 1.165) is 23.4 Å². The molecule has 0 aliphatic heterocycles. The van der Waals surface area contributed by atoms with Gasteiger partial charge in [0, 0.05) is 12.6 Å². The van der Waals surface area contributed by atoms with Crippen LogP contribution < -0.4 is 4.90 Å². The van der Waals surface area contributed by atoms with Crippen LogP contribution in [0.25, 0.3) is 0 Å². The van der Waals surface area contributed by atoms with Crippen molar-refractivity contribution in [1.82, 2.24) is 0 Å². The lowest BCUT2D eigenvalue weighted by atomic mass is 10.1. The first-order valence-electron chi connectivity index (χ1n) is 6.53. The highest BCUT2D eigenvalue weighted by Crippen LogP contribution is 2.34. The standard InChI is InChI=1S/C15H20N2/c1-3-4-9-17(14-6-7-14)15-8-5-12(2)10-13(15)11-16/h5,8,10,14H,3-4,6-7,9H2,1-2H3. The fraction of sp³-hybridized carbons (Fsp3) is 0.533. The van der Waals surface area contributed by atoms with E-state index in [0.29, 0.717) is 6.04 Å². The van der Waals surface area contributed by atoms with Crippen LogP contribution in [-0.4, -0.2) is 12.6 Å². The number of nitrogens with zero attached hydrogens (tertiary/aromatic N) is 2. The maximum absolute atomic E-state index is 9.24. The zero-order valence-corrected chi connectivity index (χ0v) is 10.7. The first-order chi connectivity index (χ1) is 8.26. The molecule has 2 nitrogen and oxygen atoms in total. The topological polar surface area (TPSA) is 27.0 Å². The van der Waals surface area contributed by atoms with Crippen LogP contribution in [0, 0.1) is 18.3 Å². The van der Waals surface area contributed by atoms with Crippen molar-refractivity contribution in [2.45, 2.75) is 45.6 Å². The Morgan fingerprint density at radius 2 is 2.18 bits per heavy atom. The SMILES string of the molecule is CCCCN(c1ccc(C)cc1C#N)C1CC1. The molecule has 0 bridgehead atoms. The zero-order chi connectivity index (χ0) is 12.3. The van der Waals surface area contributed by atoms with E-state index in [4.69, 9.17) is 0 Å². The first kappa shape index (κ1) is 12.0. The van der Waals surface area contributed by atoms with E-state index in [9.17, 15) is 5.26 Å². The van der Waals surface area contributed by atoms with Gasteiger partial charge in [0.05, 0.1) is 11.3 Å². The molecule has 1 aromatic carbocycles. The zero-order valence-electron chi connectivity index (χ0n) is 10.7. The Morgan fingerprint density at radius 3 is 2.76 bits per heavy atom. The van der Waals surface area contributed by atoms with Gasteiger partial charge in [0.15, 0.2) is 0 Å². The van der Waals surface area contributed by atoms with Gasteiger partial charge in [0.2, 0.25) is 0 Å². The predicted molar refractivity (Wildman–Crippen MR) is 71.2 cm³/mol. The minimum atomic E-state index is 0.677. The third-order valence-corrected chi connectivity index (χ3v) is 3.32. The van der Waals surface area contributed by atoms with Crippen LogP contribution in [0.3, 0.4) is 0 Å². The molecule has 1 fully saturated rings. The summed E-state index contributed by atoms with van der Waals surface area (Å²) in [6.07, 6.45) is 4.97. The number of anilines is 1. The van der Waals surface area contributed by atoms with Crippen molar-refractivity contribution in [2.75, 3.05) is 11.4 Å². The van der Waals surface area contributed by atoms with E-state index in [-0.39, 0.29) is 0 Å². The number of hydrogen-bond acceptors (Lipinski definition) is 2. The molecular formula is C15H20N2. The van der Waals surface area contributed by atoms with E-state index in [2.05, 4.69) is 30.0 Å². The van der Waals surface area contributed by atoms with Gasteiger partial charge in [0.25, 0.3) is 0 Å². The largest absolute Gasteiger partial charge is 0.367 e. The van der Waals surface area contributed by atoms with Gasteiger partial charge in [-0.25, -0.2) is 0 Å². The van der Waals surface area contributed by atoms with Gasteiger partial charge in [-0.1, -0.05) is 19.4 Å². The van der Waals surface area contributed by atoms with Crippen LogP contribution in [0.15, 0.2) is 18.2 Å². The van der Waals surface area contributed by atoms with E-state index in [1.54, 1.807) is 0 Å². The number of benzene rings is 1. The summed E-state index contributed by atoms with van der Waals surface area (Å²) in [4.78, 5) is 2.43. The summed E-state index contributed by atoms with van der Waals surface area (Å²) in [7, 11) is 0. The highest BCUT2D eigenvalue weighted by Gasteiger charge is 2.29. The van der Waals surface area contributed by atoms with Crippen molar-refractivity contribution >= 4 is 5.69 Å². The van der Waals surface area contributed by atoms with Gasteiger partial charge >= 0.3 is 0 Å². The lowest BCUT2D eigenvalue weighted by Gasteiger charge is -2.25. The Morgan fingerprint density at radius 1 is 1.41 bits per heavy atom. The molecule has 2 heteroatoms. The Bertz CT molecular complexity index is 427. The number of aryl methyl sites for hydroxylation is 1. The summed E-state index contributed by atoms with van der Waals surface area (Å²) < 4.78 is 0. The molecule has 0 radical (unpaired) electrons. The molecule has 1 saturated carbocycles. The average molecular weight is 228 g/mol. The van der Waals surface area contributed by atoms with E-state index < -0.39 is 0 Å². The summed E-state index contributed by atoms with van der Waals surface area (Å²) in [5.41, 5.74) is 3.12. The quantitative estimate of drug-likeness (QED) is 0.769. The molecule has 1 aromatic rings. The molecule has 90 valence electrons. The first-order valence-corrected chi connectivity index (χ1v) is 6.53. The van der Waals surface area contributed by atoms with Crippen molar-refractivity contribution < 1.29 is 0 Å². The van der Waals surface area contributed by atoms with Gasteiger partial charge in [-0.15, -0.1) is 0 Å². The second kappa shape index (κ2) is 5.23. The normalized spacial score (nSPS) is 14.4. The predicted octanol–water partition coefficient (Wildman–Crippen LogP) is 3.64. The molecule has 0 spiro atoms. The third-order valence-electron chi connectivity index (χ3n) is 3.32. The molecule has 1 aliphatic rings. The Kier molecular flexibility index (Phi) is 3.68. The van der Waals surface area contributed by atoms with Crippen LogP contribution in [-0.2, 0) is 0 Å². The number of unbranched alkanes of at least 4 members (excludes halogenated alkanes) is 1. The maximum Gasteiger partial charge on any atom is 0.101 e. The maximum atomic E-state index is 9.24. The molecular weight excluding hydrogens is 208 g/mol. The van der Waals surface area contributed by atoms with Gasteiger partial charge in [0.1, 0.15) is 6.07 Å². The van der Waals surface area contributed by atoms with Gasteiger partial charge < -0.3 is 4.90 Å². The minimum Gasteiger partial charge on any atom is -0.367 e. The van der Waals surface area contributed by atoms with Crippen molar-refractivity contribution in [1.29, 1.82) is 5.26 Å². The lowest BCUT2D eigenvalue weighted by Crippen LogP contribution is -2.27. The van der Waals surface area contributed by atoms with Gasteiger partial charge in [-0.3, -0.25) is 0 Å². The molecule has 0 aromatic heterocycles. The monoisotopic (exact) mass is 228 g/mol. The molecule has 0 atom stereocenters. The van der Waals surface area contributed by atoms with Crippen molar-refractivity contribution in [3.63, 3.8) is 0 Å². The highest BCUT2D eigenvalue weighted by atomic mass is 15.2. The van der Waals surface area contributed by atoms with Crippen molar-refractivity contribution in [3.05, 3.63) is 29.3 Å². The molecule has 0 amide bonds. The lowest BCUT2D eigenvalue weighted by molar-refractivity contribution is 0.712. The fourth-order valence-electron chi connectivity index (χ4n) is 2.20. The molecule has 17 heavy (non-hydrogen) atoms. The van der Waals surface area contributed by atoms with Gasteiger partial charge in [-0.2, -0.15) is 5.26 Å². The Labute approximate surface area is 104 Å². The smallest absolute Gasteiger partial charge is 0.101 e. The minimum absolute atomic E-state index is 0.677. The fourth-order valence-corrected chi connectivity index (χ4v) is 2.20. The van der Waals surface area contributed by atoms with Crippen LogP contribution >= 0.6 is 0 Å². The third kappa shape index (κ3) is 2.79. The molecule has 1 aliphatic carbocycles.